The summed E-state index contributed by atoms with van der Waals surface area (Å²) in [5.41, 5.74) is 5.18. The second-order valence-electron chi connectivity index (χ2n) is 11.7. The monoisotopic (exact) mass is 483 g/mol. The van der Waals surface area contributed by atoms with Gasteiger partial charge in [0.1, 0.15) is 5.60 Å². The Balaban J connectivity index is 1.37. The Morgan fingerprint density at radius 3 is 2.56 bits per heavy atom. The quantitative estimate of drug-likeness (QED) is 0.477. The minimum absolute atomic E-state index is 0.0347. The molecule has 6 nitrogen and oxygen atoms in total. The van der Waals surface area contributed by atoms with Crippen LogP contribution < -0.4 is 0 Å². The van der Waals surface area contributed by atoms with Crippen LogP contribution in [0.4, 0.5) is 4.79 Å². The van der Waals surface area contributed by atoms with E-state index in [9.17, 15) is 14.9 Å². The lowest BCUT2D eigenvalue weighted by Crippen LogP contribution is -2.42. The van der Waals surface area contributed by atoms with Gasteiger partial charge in [-0.2, -0.15) is 5.26 Å². The van der Waals surface area contributed by atoms with E-state index in [4.69, 9.17) is 4.74 Å². The average Bonchev–Trinajstić information content (AvgIpc) is 3.22. The minimum Gasteiger partial charge on any atom is -0.444 e. The van der Waals surface area contributed by atoms with E-state index in [1.165, 1.54) is 5.56 Å². The maximum absolute atomic E-state index is 13.6. The summed E-state index contributed by atoms with van der Waals surface area (Å²) in [7, 11) is 0. The Labute approximate surface area is 212 Å². The average molecular weight is 484 g/mol. The molecule has 1 aliphatic heterocycles. The van der Waals surface area contributed by atoms with Crippen molar-refractivity contribution in [3.05, 3.63) is 69.9 Å². The number of hydrogen-bond donors (Lipinski definition) is 1. The van der Waals surface area contributed by atoms with Gasteiger partial charge in [0.05, 0.1) is 17.2 Å². The number of carbonyl (C=O) groups is 2. The van der Waals surface area contributed by atoms with Crippen LogP contribution in [0.3, 0.4) is 0 Å². The van der Waals surface area contributed by atoms with E-state index in [1.54, 1.807) is 6.07 Å². The van der Waals surface area contributed by atoms with Crippen LogP contribution in [-0.4, -0.2) is 40.5 Å². The lowest BCUT2D eigenvalue weighted by Gasteiger charge is -2.34. The third-order valence-corrected chi connectivity index (χ3v) is 7.57. The molecule has 1 fully saturated rings. The highest BCUT2D eigenvalue weighted by Gasteiger charge is 2.40. The van der Waals surface area contributed by atoms with E-state index in [0.717, 1.165) is 47.0 Å². The third-order valence-electron chi connectivity index (χ3n) is 7.57. The Bertz CT molecular complexity index is 1410. The first kappa shape index (κ1) is 24.1. The molecule has 1 aliphatic carbocycles. The van der Waals surface area contributed by atoms with Crippen LogP contribution in [-0.2, 0) is 16.6 Å². The zero-order valence-electron chi connectivity index (χ0n) is 21.7. The summed E-state index contributed by atoms with van der Waals surface area (Å²) in [6, 6.07) is 13.9. The molecule has 1 saturated heterocycles. The summed E-state index contributed by atoms with van der Waals surface area (Å²) < 4.78 is 5.53. The van der Waals surface area contributed by atoms with Gasteiger partial charge in [-0.15, -0.1) is 0 Å². The van der Waals surface area contributed by atoms with Crippen LogP contribution in [0.5, 0.6) is 0 Å². The van der Waals surface area contributed by atoms with Crippen molar-refractivity contribution in [2.75, 3.05) is 13.1 Å². The first-order chi connectivity index (χ1) is 17.0. The number of piperidine rings is 1. The molecule has 1 aromatic heterocycles. The number of amides is 1. The van der Waals surface area contributed by atoms with Gasteiger partial charge in [0, 0.05) is 40.7 Å². The summed E-state index contributed by atoms with van der Waals surface area (Å²) in [5, 5.41) is 10.2. The number of rotatable bonds is 2. The lowest BCUT2D eigenvalue weighted by molar-refractivity contribution is 0.0184. The summed E-state index contributed by atoms with van der Waals surface area (Å²) in [4.78, 5) is 31.3. The lowest BCUT2D eigenvalue weighted by atomic mass is 9.70. The number of carbonyl (C=O) groups excluding carboxylic acids is 2. The molecule has 2 aromatic carbocycles. The van der Waals surface area contributed by atoms with Crippen molar-refractivity contribution in [2.45, 2.75) is 64.9 Å². The molecule has 2 heterocycles. The zero-order valence-corrected chi connectivity index (χ0v) is 21.7. The minimum atomic E-state index is -0.482. The van der Waals surface area contributed by atoms with Gasteiger partial charge in [-0.05, 0) is 69.2 Å². The second kappa shape index (κ2) is 8.51. The van der Waals surface area contributed by atoms with E-state index >= 15 is 0 Å². The predicted octanol–water partition coefficient (Wildman–Crippen LogP) is 6.10. The molecular formula is C30H33N3O3. The maximum atomic E-state index is 13.6. The number of nitrogens with zero attached hydrogens (tertiary/aromatic N) is 2. The van der Waals surface area contributed by atoms with Crippen molar-refractivity contribution in [2.24, 2.45) is 5.92 Å². The van der Waals surface area contributed by atoms with Gasteiger partial charge in [0.2, 0.25) is 0 Å². The number of likely N-dealkylation sites (tertiary alicyclic amines) is 1. The van der Waals surface area contributed by atoms with Crippen LogP contribution in [0.2, 0.25) is 0 Å². The zero-order chi connectivity index (χ0) is 25.8. The number of benzene rings is 2. The van der Waals surface area contributed by atoms with Gasteiger partial charge in [-0.3, -0.25) is 4.79 Å². The van der Waals surface area contributed by atoms with Gasteiger partial charge >= 0.3 is 6.09 Å². The Kier molecular flexibility index (Phi) is 5.70. The first-order valence-corrected chi connectivity index (χ1v) is 12.7. The van der Waals surface area contributed by atoms with E-state index in [1.807, 2.05) is 43.9 Å². The van der Waals surface area contributed by atoms with Gasteiger partial charge in [-0.1, -0.05) is 38.1 Å². The van der Waals surface area contributed by atoms with Crippen molar-refractivity contribution in [1.29, 1.82) is 5.26 Å². The number of ketones is 1. The molecule has 5 rings (SSSR count). The van der Waals surface area contributed by atoms with Crippen molar-refractivity contribution in [3.63, 3.8) is 0 Å². The van der Waals surface area contributed by atoms with Crippen LogP contribution in [0.25, 0.3) is 10.9 Å². The highest BCUT2D eigenvalue weighted by atomic mass is 16.6. The highest BCUT2D eigenvalue weighted by molar-refractivity contribution is 6.20. The van der Waals surface area contributed by atoms with Gasteiger partial charge in [-0.25, -0.2) is 4.79 Å². The molecule has 186 valence electrons. The third kappa shape index (κ3) is 4.17. The van der Waals surface area contributed by atoms with Crippen molar-refractivity contribution in [3.8, 4) is 6.07 Å². The molecule has 3 aromatic rings. The van der Waals surface area contributed by atoms with Gasteiger partial charge in [0.25, 0.3) is 0 Å². The number of H-pyrrole nitrogens is 1. The number of aromatic amines is 1. The molecule has 36 heavy (non-hydrogen) atoms. The molecular weight excluding hydrogens is 450 g/mol. The van der Waals surface area contributed by atoms with Crippen molar-refractivity contribution < 1.29 is 14.3 Å². The van der Waals surface area contributed by atoms with E-state index in [0.29, 0.717) is 30.1 Å². The molecule has 0 spiro atoms. The number of fused-ring (bicyclic) bond motifs is 4. The summed E-state index contributed by atoms with van der Waals surface area (Å²) in [6.07, 6.45) is 2.56. The molecule has 1 N–H and O–H groups in total. The van der Waals surface area contributed by atoms with E-state index in [-0.39, 0.29) is 17.3 Å². The van der Waals surface area contributed by atoms with Crippen LogP contribution in [0, 0.1) is 17.2 Å². The first-order valence-electron chi connectivity index (χ1n) is 12.7. The number of hydrogen-bond acceptors (Lipinski definition) is 4. The highest BCUT2D eigenvalue weighted by Crippen LogP contribution is 2.44. The molecule has 0 bridgehead atoms. The Morgan fingerprint density at radius 2 is 1.89 bits per heavy atom. The molecule has 1 amide bonds. The van der Waals surface area contributed by atoms with Crippen LogP contribution >= 0.6 is 0 Å². The molecule has 6 heteroatoms. The molecule has 0 saturated carbocycles. The molecule has 0 unspecified atom stereocenters. The summed E-state index contributed by atoms with van der Waals surface area (Å²) in [5.74, 6) is 0.518. The number of ether oxygens (including phenoxy) is 1. The van der Waals surface area contributed by atoms with Gasteiger partial charge in [0.15, 0.2) is 5.78 Å². The molecule has 0 radical (unpaired) electrons. The fourth-order valence-corrected chi connectivity index (χ4v) is 5.65. The Morgan fingerprint density at radius 1 is 1.17 bits per heavy atom. The van der Waals surface area contributed by atoms with Gasteiger partial charge < -0.3 is 14.6 Å². The fourth-order valence-electron chi connectivity index (χ4n) is 5.65. The Hall–Kier alpha value is -3.59. The van der Waals surface area contributed by atoms with Crippen molar-refractivity contribution in [1.82, 2.24) is 9.88 Å². The second-order valence-corrected chi connectivity index (χ2v) is 11.7. The van der Waals surface area contributed by atoms with Crippen LogP contribution in [0.15, 0.2) is 36.4 Å². The molecule has 0 atom stereocenters. The van der Waals surface area contributed by atoms with E-state index in [2.05, 4.69) is 37.0 Å². The van der Waals surface area contributed by atoms with Crippen LogP contribution in [0.1, 0.15) is 85.8 Å². The standard InChI is InChI=1S/C30H33N3O3/c1-29(2,3)36-28(35)33-12-10-18(11-13-33)14-19-6-8-21-23(15-19)30(4,5)27-25(26(21)34)22-9-7-20(17-31)16-24(22)32-27/h6-9,15-16,18,32H,10-14H2,1-5H3. The largest absolute Gasteiger partial charge is 0.444 e. The SMILES string of the molecule is CC(C)(C)OC(=O)N1CCC(Cc2ccc3c(c2)C(C)(C)c2[nH]c4cc(C#N)ccc4c2C3=O)CC1. The molecule has 2 aliphatic rings. The predicted molar refractivity (Wildman–Crippen MR) is 139 cm³/mol. The summed E-state index contributed by atoms with van der Waals surface area (Å²) >= 11 is 0. The summed E-state index contributed by atoms with van der Waals surface area (Å²) in [6.45, 7) is 11.4. The normalized spacial score (nSPS) is 17.4. The number of nitrogens with one attached hydrogen (secondary N) is 1. The fraction of sp³-hybridized carbons (Fsp3) is 0.433. The van der Waals surface area contributed by atoms with E-state index < -0.39 is 5.60 Å². The number of aromatic nitrogens is 1. The number of nitriles is 1. The smallest absolute Gasteiger partial charge is 0.410 e. The maximum Gasteiger partial charge on any atom is 0.410 e. The topological polar surface area (TPSA) is 86.2 Å². The van der Waals surface area contributed by atoms with Crippen molar-refractivity contribution >= 4 is 22.8 Å².